The summed E-state index contributed by atoms with van der Waals surface area (Å²) >= 11 is 0. The summed E-state index contributed by atoms with van der Waals surface area (Å²) in [6, 6.07) is 7.02. The Kier molecular flexibility index (Phi) is 6.94. The summed E-state index contributed by atoms with van der Waals surface area (Å²) < 4.78 is 0. The summed E-state index contributed by atoms with van der Waals surface area (Å²) in [5, 5.41) is 6.07. The molecule has 1 aromatic rings. The summed E-state index contributed by atoms with van der Waals surface area (Å²) in [4.78, 5) is 37.1. The number of ketones is 1. The highest BCUT2D eigenvalue weighted by molar-refractivity contribution is 5.90. The second-order valence-corrected chi connectivity index (χ2v) is 6.33. The lowest BCUT2D eigenvalue weighted by atomic mass is 10.1. The van der Waals surface area contributed by atoms with Gasteiger partial charge in [0.1, 0.15) is 0 Å². The van der Waals surface area contributed by atoms with Gasteiger partial charge in [-0.15, -0.1) is 0 Å². The quantitative estimate of drug-likeness (QED) is 0.628. The first-order chi connectivity index (χ1) is 12.0. The number of amides is 2. The van der Waals surface area contributed by atoms with E-state index >= 15 is 0 Å². The van der Waals surface area contributed by atoms with Crippen LogP contribution in [0.4, 0.5) is 5.69 Å². The topological polar surface area (TPSA) is 105 Å². The summed E-state index contributed by atoms with van der Waals surface area (Å²) in [7, 11) is 1.78. The largest absolute Gasteiger partial charge is 0.378 e. The molecule has 0 aromatic heterocycles. The number of anilines is 1. The first kappa shape index (κ1) is 18.9. The Morgan fingerprint density at radius 1 is 1.24 bits per heavy atom. The standard InChI is InChI=1S/C18H26N4O3/c1-20-16-4-2-3-9-22(18(16)25)12-15(23)11-21-14-7-5-13(6-8-14)10-17(19)24/h5-8,16,20-21H,2-4,9-12H2,1H3,(H2,19,24). The van der Waals surface area contributed by atoms with Gasteiger partial charge in [0.15, 0.2) is 5.78 Å². The van der Waals surface area contributed by atoms with Crippen molar-refractivity contribution < 1.29 is 14.4 Å². The molecule has 0 saturated carbocycles. The van der Waals surface area contributed by atoms with Gasteiger partial charge < -0.3 is 21.3 Å². The van der Waals surface area contributed by atoms with Crippen LogP contribution < -0.4 is 16.4 Å². The molecule has 7 nitrogen and oxygen atoms in total. The molecule has 1 heterocycles. The van der Waals surface area contributed by atoms with Crippen LogP contribution in [0.25, 0.3) is 0 Å². The summed E-state index contributed by atoms with van der Waals surface area (Å²) in [6.45, 7) is 0.914. The van der Waals surface area contributed by atoms with Crippen LogP contribution >= 0.6 is 0 Å². The third kappa shape index (κ3) is 5.86. The van der Waals surface area contributed by atoms with Crippen LogP contribution in [0.5, 0.6) is 0 Å². The molecule has 1 aromatic carbocycles. The van der Waals surface area contributed by atoms with Gasteiger partial charge in [-0.25, -0.2) is 0 Å². The molecule has 1 atom stereocenters. The van der Waals surface area contributed by atoms with Crippen LogP contribution in [0, 0.1) is 0 Å². The fourth-order valence-corrected chi connectivity index (χ4v) is 2.94. The zero-order valence-corrected chi connectivity index (χ0v) is 14.6. The van der Waals surface area contributed by atoms with Gasteiger partial charge in [-0.3, -0.25) is 14.4 Å². The van der Waals surface area contributed by atoms with Gasteiger partial charge in [0, 0.05) is 12.2 Å². The SMILES string of the molecule is CNC1CCCCN(CC(=O)CNc2ccc(CC(N)=O)cc2)C1=O. The number of benzene rings is 1. The van der Waals surface area contributed by atoms with Gasteiger partial charge in [-0.2, -0.15) is 0 Å². The normalized spacial score (nSPS) is 17.9. The van der Waals surface area contributed by atoms with Crippen LogP contribution in [0.3, 0.4) is 0 Å². The first-order valence-electron chi connectivity index (χ1n) is 8.58. The summed E-state index contributed by atoms with van der Waals surface area (Å²) in [6.07, 6.45) is 2.92. The van der Waals surface area contributed by atoms with Crippen molar-refractivity contribution in [3.05, 3.63) is 29.8 Å². The van der Waals surface area contributed by atoms with Gasteiger partial charge in [0.25, 0.3) is 0 Å². The minimum Gasteiger partial charge on any atom is -0.378 e. The molecule has 25 heavy (non-hydrogen) atoms. The minimum absolute atomic E-state index is 0.00385. The van der Waals surface area contributed by atoms with Gasteiger partial charge in [0.2, 0.25) is 11.8 Å². The maximum Gasteiger partial charge on any atom is 0.240 e. The number of primary amides is 1. The molecule has 4 N–H and O–H groups in total. The van der Waals surface area contributed by atoms with E-state index in [1.807, 2.05) is 0 Å². The Morgan fingerprint density at radius 2 is 1.96 bits per heavy atom. The lowest BCUT2D eigenvalue weighted by molar-refractivity contribution is -0.136. The number of nitrogens with one attached hydrogen (secondary N) is 2. The van der Waals surface area contributed by atoms with E-state index in [0.29, 0.717) is 6.54 Å². The van der Waals surface area contributed by atoms with E-state index in [2.05, 4.69) is 10.6 Å². The van der Waals surface area contributed by atoms with E-state index in [1.165, 1.54) is 0 Å². The van der Waals surface area contributed by atoms with Crippen molar-refractivity contribution in [2.75, 3.05) is 32.0 Å². The van der Waals surface area contributed by atoms with Crippen molar-refractivity contribution in [1.29, 1.82) is 0 Å². The average molecular weight is 346 g/mol. The number of hydrogen-bond acceptors (Lipinski definition) is 5. The minimum atomic E-state index is -0.377. The van der Waals surface area contributed by atoms with Crippen LogP contribution in [0.2, 0.25) is 0 Å². The molecule has 0 radical (unpaired) electrons. The van der Waals surface area contributed by atoms with E-state index in [9.17, 15) is 14.4 Å². The lowest BCUT2D eigenvalue weighted by Crippen LogP contribution is -2.46. The van der Waals surface area contributed by atoms with E-state index in [0.717, 1.165) is 30.5 Å². The maximum absolute atomic E-state index is 12.4. The smallest absolute Gasteiger partial charge is 0.240 e. The predicted octanol–water partition coefficient (Wildman–Crippen LogP) is 0.296. The highest BCUT2D eigenvalue weighted by atomic mass is 16.2. The number of likely N-dealkylation sites (tertiary alicyclic amines) is 1. The molecule has 1 unspecified atom stereocenters. The first-order valence-corrected chi connectivity index (χ1v) is 8.58. The lowest BCUT2D eigenvalue weighted by Gasteiger charge is -2.23. The zero-order valence-electron chi connectivity index (χ0n) is 14.6. The van der Waals surface area contributed by atoms with Crippen molar-refractivity contribution in [2.24, 2.45) is 5.73 Å². The molecule has 0 spiro atoms. The number of Topliss-reactive ketones (excluding diaryl/α,β-unsaturated/α-hetero) is 1. The number of nitrogens with zero attached hydrogens (tertiary/aromatic N) is 1. The average Bonchev–Trinajstić information content (AvgIpc) is 2.75. The van der Waals surface area contributed by atoms with Crippen molar-refractivity contribution in [3.8, 4) is 0 Å². The van der Waals surface area contributed by atoms with E-state index < -0.39 is 0 Å². The fraction of sp³-hybridized carbons (Fsp3) is 0.500. The molecular formula is C18H26N4O3. The molecule has 2 rings (SSSR count). The van der Waals surface area contributed by atoms with E-state index in [1.54, 1.807) is 36.2 Å². The Bertz CT molecular complexity index is 615. The predicted molar refractivity (Wildman–Crippen MR) is 96.1 cm³/mol. The number of carbonyl (C=O) groups excluding carboxylic acids is 3. The number of nitrogens with two attached hydrogens (primary N) is 1. The van der Waals surface area contributed by atoms with Crippen molar-refractivity contribution in [3.63, 3.8) is 0 Å². The highest BCUT2D eigenvalue weighted by Crippen LogP contribution is 2.12. The molecule has 1 aliphatic heterocycles. The van der Waals surface area contributed by atoms with Gasteiger partial charge in [-0.05, 0) is 44.0 Å². The Labute approximate surface area is 147 Å². The molecule has 1 saturated heterocycles. The fourth-order valence-electron chi connectivity index (χ4n) is 2.94. The number of rotatable bonds is 8. The van der Waals surface area contributed by atoms with Crippen LogP contribution in [0.1, 0.15) is 24.8 Å². The Balaban J connectivity index is 1.83. The van der Waals surface area contributed by atoms with Crippen molar-refractivity contribution in [2.45, 2.75) is 31.7 Å². The number of likely N-dealkylation sites (N-methyl/N-ethyl adjacent to an activating group) is 1. The van der Waals surface area contributed by atoms with Gasteiger partial charge in [-0.1, -0.05) is 12.1 Å². The molecule has 2 amide bonds. The molecule has 136 valence electrons. The van der Waals surface area contributed by atoms with Crippen LogP contribution in [0.15, 0.2) is 24.3 Å². The third-order valence-corrected chi connectivity index (χ3v) is 4.32. The second kappa shape index (κ2) is 9.17. The Hall–Kier alpha value is -2.41. The van der Waals surface area contributed by atoms with E-state index in [-0.39, 0.29) is 43.1 Å². The molecule has 1 aliphatic rings. The highest BCUT2D eigenvalue weighted by Gasteiger charge is 2.26. The van der Waals surface area contributed by atoms with Crippen LogP contribution in [-0.4, -0.2) is 55.2 Å². The maximum atomic E-state index is 12.4. The summed E-state index contributed by atoms with van der Waals surface area (Å²) in [5.74, 6) is -0.409. The number of carbonyl (C=O) groups is 3. The molecule has 1 fully saturated rings. The van der Waals surface area contributed by atoms with Crippen molar-refractivity contribution in [1.82, 2.24) is 10.2 Å². The molecular weight excluding hydrogens is 320 g/mol. The number of hydrogen-bond donors (Lipinski definition) is 3. The monoisotopic (exact) mass is 346 g/mol. The van der Waals surface area contributed by atoms with E-state index in [4.69, 9.17) is 5.73 Å². The molecule has 0 bridgehead atoms. The van der Waals surface area contributed by atoms with Crippen LogP contribution in [-0.2, 0) is 20.8 Å². The second-order valence-electron chi connectivity index (χ2n) is 6.33. The molecule has 0 aliphatic carbocycles. The van der Waals surface area contributed by atoms with Gasteiger partial charge >= 0.3 is 0 Å². The molecule has 7 heteroatoms. The van der Waals surface area contributed by atoms with Gasteiger partial charge in [0.05, 0.1) is 25.6 Å². The van der Waals surface area contributed by atoms with Crippen molar-refractivity contribution >= 4 is 23.3 Å². The third-order valence-electron chi connectivity index (χ3n) is 4.32. The zero-order chi connectivity index (χ0) is 18.2. The summed E-state index contributed by atoms with van der Waals surface area (Å²) in [5.41, 5.74) is 6.78. The Morgan fingerprint density at radius 3 is 2.60 bits per heavy atom.